The molecule has 32 heavy (non-hydrogen) atoms. The van der Waals surface area contributed by atoms with Crippen LogP contribution in [0.3, 0.4) is 0 Å². The molecule has 1 fully saturated rings. The van der Waals surface area contributed by atoms with Crippen molar-refractivity contribution in [1.29, 1.82) is 0 Å². The summed E-state index contributed by atoms with van der Waals surface area (Å²) in [6.07, 6.45) is 3.72. The number of para-hydroxylation sites is 1. The van der Waals surface area contributed by atoms with Crippen LogP contribution in [0.5, 0.6) is 0 Å². The Kier molecular flexibility index (Phi) is 5.49. The van der Waals surface area contributed by atoms with Crippen LogP contribution < -0.4 is 10.9 Å². The molecule has 1 amide bonds. The third-order valence-electron chi connectivity index (χ3n) is 6.21. The normalized spacial score (nSPS) is 16.1. The van der Waals surface area contributed by atoms with E-state index in [1.54, 1.807) is 6.20 Å². The van der Waals surface area contributed by atoms with Crippen molar-refractivity contribution >= 4 is 27.7 Å². The summed E-state index contributed by atoms with van der Waals surface area (Å²) in [5, 5.41) is 8.96. The number of amides is 1. The second kappa shape index (κ2) is 8.59. The first-order valence-electron chi connectivity index (χ1n) is 11.0. The first kappa shape index (κ1) is 20.5. The zero-order valence-corrected chi connectivity index (χ0v) is 18.1. The quantitative estimate of drug-likeness (QED) is 0.510. The van der Waals surface area contributed by atoms with Gasteiger partial charge in [0.1, 0.15) is 12.1 Å². The average Bonchev–Trinajstić information content (AvgIpc) is 3.43. The van der Waals surface area contributed by atoms with Crippen molar-refractivity contribution in [2.45, 2.75) is 39.0 Å². The Labute approximate surface area is 185 Å². The number of fused-ring (bicyclic) bond motifs is 3. The number of benzene rings is 2. The van der Waals surface area contributed by atoms with Crippen molar-refractivity contribution in [3.8, 4) is 0 Å². The molecule has 0 radical (unpaired) electrons. The maximum atomic E-state index is 13.5. The highest BCUT2D eigenvalue weighted by atomic mass is 16.5. The number of hydrogen-bond donors (Lipinski definition) is 1. The molecule has 7 nitrogen and oxygen atoms in total. The van der Waals surface area contributed by atoms with E-state index in [0.29, 0.717) is 18.6 Å². The molecule has 1 saturated heterocycles. The standard InChI is InChI=1S/C25H26N4O3/c1-17-7-2-3-8-18(17)15-28-22-11-5-4-10-20(22)21-14-27-29(25(31)24(21)28)16-23(30)26-13-19-9-6-12-32-19/h2-5,7-8,10-11,14,19H,6,9,12-13,15-16H2,1H3,(H,26,30)/t19-/m0/s1. The van der Waals surface area contributed by atoms with Crippen molar-refractivity contribution < 1.29 is 9.53 Å². The van der Waals surface area contributed by atoms with Gasteiger partial charge in [0.25, 0.3) is 5.56 Å². The van der Waals surface area contributed by atoms with E-state index in [4.69, 9.17) is 4.74 Å². The second-order valence-corrected chi connectivity index (χ2v) is 8.34. The molecule has 3 heterocycles. The van der Waals surface area contributed by atoms with Crippen LogP contribution in [0.25, 0.3) is 21.8 Å². The molecule has 1 atom stereocenters. The van der Waals surface area contributed by atoms with Gasteiger partial charge in [0.05, 0.1) is 12.3 Å². The number of carbonyl (C=O) groups is 1. The van der Waals surface area contributed by atoms with Gasteiger partial charge in [0.15, 0.2) is 0 Å². The van der Waals surface area contributed by atoms with Crippen LogP contribution >= 0.6 is 0 Å². The Hall–Kier alpha value is -3.45. The molecule has 0 bridgehead atoms. The number of ether oxygens (including phenoxy) is 1. The summed E-state index contributed by atoms with van der Waals surface area (Å²) in [5.74, 6) is -0.240. The highest BCUT2D eigenvalue weighted by Crippen LogP contribution is 2.27. The van der Waals surface area contributed by atoms with Crippen LogP contribution in [0.4, 0.5) is 0 Å². The van der Waals surface area contributed by atoms with Crippen LogP contribution in [0.15, 0.2) is 59.5 Å². The lowest BCUT2D eigenvalue weighted by Gasteiger charge is -2.12. The number of carbonyl (C=O) groups excluding carboxylic acids is 1. The number of nitrogens with one attached hydrogen (secondary N) is 1. The van der Waals surface area contributed by atoms with Gasteiger partial charge in [-0.05, 0) is 37.0 Å². The van der Waals surface area contributed by atoms with Crippen molar-refractivity contribution in [2.75, 3.05) is 13.2 Å². The Bertz CT molecular complexity index is 1350. The Morgan fingerprint density at radius 2 is 1.97 bits per heavy atom. The first-order valence-corrected chi connectivity index (χ1v) is 11.0. The maximum Gasteiger partial charge on any atom is 0.291 e. The SMILES string of the molecule is Cc1ccccc1Cn1c2ccccc2c2cnn(CC(=O)NC[C@@H]3CCCO3)c(=O)c21. The third-order valence-corrected chi connectivity index (χ3v) is 6.21. The van der Waals surface area contributed by atoms with E-state index in [2.05, 4.69) is 29.5 Å². The highest BCUT2D eigenvalue weighted by molar-refractivity contribution is 6.07. The van der Waals surface area contributed by atoms with Crippen LogP contribution in [0.2, 0.25) is 0 Å². The van der Waals surface area contributed by atoms with Crippen molar-refractivity contribution in [3.63, 3.8) is 0 Å². The largest absolute Gasteiger partial charge is 0.376 e. The van der Waals surface area contributed by atoms with Gasteiger partial charge in [-0.2, -0.15) is 5.10 Å². The van der Waals surface area contributed by atoms with Gasteiger partial charge >= 0.3 is 0 Å². The molecule has 0 aliphatic carbocycles. The Balaban J connectivity index is 1.52. The van der Waals surface area contributed by atoms with Crippen LogP contribution in [0, 0.1) is 6.92 Å². The lowest BCUT2D eigenvalue weighted by atomic mass is 10.1. The lowest BCUT2D eigenvalue weighted by molar-refractivity contribution is -0.122. The molecule has 2 aromatic heterocycles. The Morgan fingerprint density at radius 1 is 1.16 bits per heavy atom. The third kappa shape index (κ3) is 3.80. The fraction of sp³-hybridized carbons (Fsp3) is 0.320. The molecular formula is C25H26N4O3. The zero-order valence-electron chi connectivity index (χ0n) is 18.1. The summed E-state index contributed by atoms with van der Waals surface area (Å²) in [4.78, 5) is 25.9. The minimum atomic E-state index is -0.264. The molecule has 0 unspecified atom stereocenters. The summed E-state index contributed by atoms with van der Waals surface area (Å²) in [5.41, 5.74) is 3.59. The fourth-order valence-electron chi connectivity index (χ4n) is 4.45. The molecule has 0 saturated carbocycles. The minimum Gasteiger partial charge on any atom is -0.376 e. The molecular weight excluding hydrogens is 404 g/mol. The number of rotatable bonds is 6. The zero-order chi connectivity index (χ0) is 22.1. The summed E-state index contributed by atoms with van der Waals surface area (Å²) in [7, 11) is 0. The summed E-state index contributed by atoms with van der Waals surface area (Å²) in [6, 6.07) is 16.1. The minimum absolute atomic E-state index is 0.0581. The van der Waals surface area contributed by atoms with Gasteiger partial charge in [-0.3, -0.25) is 9.59 Å². The second-order valence-electron chi connectivity index (χ2n) is 8.34. The van der Waals surface area contributed by atoms with Gasteiger partial charge < -0.3 is 14.6 Å². The van der Waals surface area contributed by atoms with E-state index in [1.807, 2.05) is 41.0 Å². The van der Waals surface area contributed by atoms with Gasteiger partial charge in [-0.25, -0.2) is 4.68 Å². The van der Waals surface area contributed by atoms with Crippen molar-refractivity contribution in [2.24, 2.45) is 0 Å². The summed E-state index contributed by atoms with van der Waals surface area (Å²) in [6.45, 7) is 3.73. The van der Waals surface area contributed by atoms with Gasteiger partial charge in [-0.1, -0.05) is 42.5 Å². The number of nitrogens with zero attached hydrogens (tertiary/aromatic N) is 3. The highest BCUT2D eigenvalue weighted by Gasteiger charge is 2.19. The van der Waals surface area contributed by atoms with Gasteiger partial charge in [0, 0.05) is 36.0 Å². The van der Waals surface area contributed by atoms with E-state index in [0.717, 1.165) is 41.3 Å². The van der Waals surface area contributed by atoms with Gasteiger partial charge in [-0.15, -0.1) is 0 Å². The van der Waals surface area contributed by atoms with Crippen LogP contribution in [0.1, 0.15) is 24.0 Å². The molecule has 1 aliphatic heterocycles. The summed E-state index contributed by atoms with van der Waals surface area (Å²) < 4.78 is 8.84. The molecule has 5 rings (SSSR count). The summed E-state index contributed by atoms with van der Waals surface area (Å²) >= 11 is 0. The fourth-order valence-corrected chi connectivity index (χ4v) is 4.45. The number of aryl methyl sites for hydroxylation is 1. The lowest BCUT2D eigenvalue weighted by Crippen LogP contribution is -2.37. The average molecular weight is 431 g/mol. The molecule has 1 aliphatic rings. The van der Waals surface area contributed by atoms with E-state index in [-0.39, 0.29) is 24.1 Å². The monoisotopic (exact) mass is 430 g/mol. The molecule has 7 heteroatoms. The molecule has 0 spiro atoms. The predicted molar refractivity (Wildman–Crippen MR) is 124 cm³/mol. The van der Waals surface area contributed by atoms with Crippen LogP contribution in [-0.2, 0) is 22.6 Å². The van der Waals surface area contributed by atoms with E-state index in [9.17, 15) is 9.59 Å². The molecule has 2 aromatic carbocycles. The van der Waals surface area contributed by atoms with Crippen molar-refractivity contribution in [1.82, 2.24) is 19.7 Å². The van der Waals surface area contributed by atoms with E-state index < -0.39 is 0 Å². The first-order chi connectivity index (χ1) is 15.6. The van der Waals surface area contributed by atoms with E-state index in [1.165, 1.54) is 10.2 Å². The smallest absolute Gasteiger partial charge is 0.291 e. The van der Waals surface area contributed by atoms with E-state index >= 15 is 0 Å². The molecule has 4 aromatic rings. The Morgan fingerprint density at radius 3 is 2.78 bits per heavy atom. The predicted octanol–water partition coefficient (Wildman–Crippen LogP) is 3.00. The number of hydrogen-bond acceptors (Lipinski definition) is 4. The topological polar surface area (TPSA) is 78.2 Å². The van der Waals surface area contributed by atoms with Crippen LogP contribution in [-0.4, -0.2) is 39.5 Å². The number of aromatic nitrogens is 3. The maximum absolute atomic E-state index is 13.5. The molecule has 164 valence electrons. The van der Waals surface area contributed by atoms with Gasteiger partial charge in [0.2, 0.25) is 5.91 Å². The van der Waals surface area contributed by atoms with Crippen molar-refractivity contribution in [3.05, 3.63) is 76.2 Å². The molecule has 1 N–H and O–H groups in total.